The first-order valence-electron chi connectivity index (χ1n) is 7.17. The minimum atomic E-state index is -0.141. The van der Waals surface area contributed by atoms with Crippen molar-refractivity contribution in [1.82, 2.24) is 10.3 Å². The third kappa shape index (κ3) is 3.29. The molecule has 1 fully saturated rings. The number of oxazole rings is 1. The van der Waals surface area contributed by atoms with Crippen molar-refractivity contribution in [3.05, 3.63) is 36.2 Å². The molecule has 5 heteroatoms. The van der Waals surface area contributed by atoms with E-state index in [1.807, 2.05) is 30.5 Å². The minimum absolute atomic E-state index is 0.141. The quantitative estimate of drug-likeness (QED) is 0.874. The van der Waals surface area contributed by atoms with Crippen LogP contribution in [0.5, 0.6) is 0 Å². The Bertz CT molecular complexity index is 615. The number of aromatic nitrogens is 1. The Balaban J connectivity index is 1.71. The Labute approximate surface area is 128 Å². The molecule has 0 radical (unpaired) electrons. The number of hydrogen-bond donors (Lipinski definition) is 1. The summed E-state index contributed by atoms with van der Waals surface area (Å²) in [4.78, 5) is 17.6. The summed E-state index contributed by atoms with van der Waals surface area (Å²) in [5, 5.41) is 3.01. The topological polar surface area (TPSA) is 55.1 Å². The Morgan fingerprint density at radius 2 is 2.00 bits per heavy atom. The summed E-state index contributed by atoms with van der Waals surface area (Å²) in [5.41, 5.74) is 1.23. The van der Waals surface area contributed by atoms with Crippen LogP contribution < -0.4 is 5.32 Å². The van der Waals surface area contributed by atoms with E-state index >= 15 is 0 Å². The monoisotopic (exact) mass is 302 g/mol. The van der Waals surface area contributed by atoms with E-state index in [-0.39, 0.29) is 5.91 Å². The van der Waals surface area contributed by atoms with E-state index in [4.69, 9.17) is 4.42 Å². The fourth-order valence-corrected chi connectivity index (χ4v) is 2.98. The molecule has 1 aliphatic rings. The Kier molecular flexibility index (Phi) is 4.29. The number of nitrogens with one attached hydrogen (secondary N) is 1. The first-order chi connectivity index (χ1) is 10.3. The highest BCUT2D eigenvalue weighted by Gasteiger charge is 2.20. The predicted molar refractivity (Wildman–Crippen MR) is 83.4 cm³/mol. The van der Waals surface area contributed by atoms with Gasteiger partial charge in [0, 0.05) is 16.5 Å². The fourth-order valence-electron chi connectivity index (χ4n) is 2.57. The van der Waals surface area contributed by atoms with Crippen LogP contribution in [0.4, 0.5) is 0 Å². The van der Waals surface area contributed by atoms with Crippen LogP contribution in [-0.2, 0) is 0 Å². The summed E-state index contributed by atoms with van der Waals surface area (Å²) in [6, 6.07) is 8.23. The SMILES string of the molecule is CSc1ccc(-c2nc(C(=O)NC3CCCC3)co2)cc1. The lowest BCUT2D eigenvalue weighted by molar-refractivity contribution is 0.0933. The zero-order valence-corrected chi connectivity index (χ0v) is 12.8. The maximum Gasteiger partial charge on any atom is 0.273 e. The third-order valence-corrected chi connectivity index (χ3v) is 4.51. The Morgan fingerprint density at radius 1 is 1.29 bits per heavy atom. The number of thioether (sulfide) groups is 1. The van der Waals surface area contributed by atoms with Crippen molar-refractivity contribution < 1.29 is 9.21 Å². The van der Waals surface area contributed by atoms with E-state index in [0.717, 1.165) is 18.4 Å². The summed E-state index contributed by atoms with van der Waals surface area (Å²) in [5.74, 6) is 0.344. The summed E-state index contributed by atoms with van der Waals surface area (Å²) in [6.07, 6.45) is 7.97. The molecule has 2 aromatic rings. The molecule has 0 unspecified atom stereocenters. The fraction of sp³-hybridized carbons (Fsp3) is 0.375. The van der Waals surface area contributed by atoms with E-state index in [2.05, 4.69) is 10.3 Å². The van der Waals surface area contributed by atoms with Gasteiger partial charge >= 0.3 is 0 Å². The summed E-state index contributed by atoms with van der Waals surface area (Å²) in [7, 11) is 0. The summed E-state index contributed by atoms with van der Waals surface area (Å²) >= 11 is 1.69. The molecule has 0 aliphatic heterocycles. The van der Waals surface area contributed by atoms with Gasteiger partial charge in [-0.15, -0.1) is 11.8 Å². The van der Waals surface area contributed by atoms with Crippen LogP contribution in [0.15, 0.2) is 39.8 Å². The summed E-state index contributed by atoms with van der Waals surface area (Å²) in [6.45, 7) is 0. The van der Waals surface area contributed by atoms with Gasteiger partial charge in [0.05, 0.1) is 0 Å². The number of amides is 1. The molecule has 1 aromatic carbocycles. The standard InChI is InChI=1S/C16H18N2O2S/c1-21-13-8-6-11(7-9-13)16-18-14(10-20-16)15(19)17-12-4-2-3-5-12/h6-10,12H,2-5H2,1H3,(H,17,19). The van der Waals surface area contributed by atoms with Crippen molar-refractivity contribution in [2.75, 3.05) is 6.26 Å². The molecule has 3 rings (SSSR count). The van der Waals surface area contributed by atoms with Crippen LogP contribution in [0.3, 0.4) is 0 Å². The van der Waals surface area contributed by atoms with Gasteiger partial charge in [-0.1, -0.05) is 12.8 Å². The van der Waals surface area contributed by atoms with E-state index in [1.54, 1.807) is 11.8 Å². The van der Waals surface area contributed by atoms with Gasteiger partial charge in [-0.3, -0.25) is 4.79 Å². The number of carbonyl (C=O) groups is 1. The molecule has 21 heavy (non-hydrogen) atoms. The van der Waals surface area contributed by atoms with Gasteiger partial charge < -0.3 is 9.73 Å². The molecule has 110 valence electrons. The second-order valence-electron chi connectivity index (χ2n) is 5.22. The Hall–Kier alpha value is -1.75. The highest BCUT2D eigenvalue weighted by atomic mass is 32.2. The zero-order chi connectivity index (χ0) is 14.7. The van der Waals surface area contributed by atoms with Gasteiger partial charge in [0.1, 0.15) is 6.26 Å². The van der Waals surface area contributed by atoms with Crippen molar-refractivity contribution in [3.63, 3.8) is 0 Å². The highest BCUT2D eigenvalue weighted by molar-refractivity contribution is 7.98. The second kappa shape index (κ2) is 6.35. The van der Waals surface area contributed by atoms with Crippen molar-refractivity contribution in [1.29, 1.82) is 0 Å². The number of rotatable bonds is 4. The van der Waals surface area contributed by atoms with Crippen LogP contribution >= 0.6 is 11.8 Å². The maximum atomic E-state index is 12.1. The molecule has 1 amide bonds. The number of carbonyl (C=O) groups excluding carboxylic acids is 1. The van der Waals surface area contributed by atoms with Gasteiger partial charge in [0.2, 0.25) is 5.89 Å². The van der Waals surface area contributed by atoms with Gasteiger partial charge in [-0.05, 0) is 43.4 Å². The molecule has 1 N–H and O–H groups in total. The largest absolute Gasteiger partial charge is 0.444 e. The molecule has 1 aromatic heterocycles. The average molecular weight is 302 g/mol. The number of nitrogens with zero attached hydrogens (tertiary/aromatic N) is 1. The maximum absolute atomic E-state index is 12.1. The average Bonchev–Trinajstić information content (AvgIpc) is 3.18. The molecule has 1 saturated carbocycles. The smallest absolute Gasteiger partial charge is 0.273 e. The van der Waals surface area contributed by atoms with E-state index in [1.165, 1.54) is 24.0 Å². The Morgan fingerprint density at radius 3 is 2.67 bits per heavy atom. The molecule has 0 atom stereocenters. The van der Waals surface area contributed by atoms with Gasteiger partial charge in [-0.2, -0.15) is 0 Å². The molecule has 1 aliphatic carbocycles. The van der Waals surface area contributed by atoms with Crippen LogP contribution in [0, 0.1) is 0 Å². The van der Waals surface area contributed by atoms with E-state index in [9.17, 15) is 4.79 Å². The minimum Gasteiger partial charge on any atom is -0.444 e. The second-order valence-corrected chi connectivity index (χ2v) is 6.10. The molecule has 4 nitrogen and oxygen atoms in total. The summed E-state index contributed by atoms with van der Waals surface area (Å²) < 4.78 is 5.43. The van der Waals surface area contributed by atoms with Crippen molar-refractivity contribution >= 4 is 17.7 Å². The lowest BCUT2D eigenvalue weighted by Crippen LogP contribution is -2.32. The van der Waals surface area contributed by atoms with E-state index in [0.29, 0.717) is 17.6 Å². The molecule has 0 saturated heterocycles. The van der Waals surface area contributed by atoms with Crippen LogP contribution in [0.1, 0.15) is 36.2 Å². The predicted octanol–water partition coefficient (Wildman–Crippen LogP) is 3.74. The first-order valence-corrected chi connectivity index (χ1v) is 8.39. The van der Waals surface area contributed by atoms with Crippen molar-refractivity contribution in [2.24, 2.45) is 0 Å². The van der Waals surface area contributed by atoms with Crippen molar-refractivity contribution in [2.45, 2.75) is 36.6 Å². The molecule has 0 bridgehead atoms. The molecular weight excluding hydrogens is 284 g/mol. The molecular formula is C16H18N2O2S. The van der Waals surface area contributed by atoms with Crippen LogP contribution in [0.25, 0.3) is 11.5 Å². The lowest BCUT2D eigenvalue weighted by atomic mass is 10.2. The normalized spacial score (nSPS) is 15.3. The van der Waals surface area contributed by atoms with Gasteiger partial charge in [0.15, 0.2) is 5.69 Å². The molecule has 1 heterocycles. The first kappa shape index (κ1) is 14.2. The third-order valence-electron chi connectivity index (χ3n) is 3.76. The number of hydrogen-bond acceptors (Lipinski definition) is 4. The van der Waals surface area contributed by atoms with E-state index < -0.39 is 0 Å². The van der Waals surface area contributed by atoms with Crippen LogP contribution in [-0.4, -0.2) is 23.2 Å². The molecule has 0 spiro atoms. The van der Waals surface area contributed by atoms with Crippen LogP contribution in [0.2, 0.25) is 0 Å². The van der Waals surface area contributed by atoms with Gasteiger partial charge in [-0.25, -0.2) is 4.98 Å². The number of benzene rings is 1. The van der Waals surface area contributed by atoms with Crippen molar-refractivity contribution in [3.8, 4) is 11.5 Å². The van der Waals surface area contributed by atoms with Gasteiger partial charge in [0.25, 0.3) is 5.91 Å². The zero-order valence-electron chi connectivity index (χ0n) is 12.0. The lowest BCUT2D eigenvalue weighted by Gasteiger charge is -2.09. The highest BCUT2D eigenvalue weighted by Crippen LogP contribution is 2.23.